The number of aliphatic hydroxyl groups excluding tert-OH is 1. The van der Waals surface area contributed by atoms with Crippen LogP contribution in [0.25, 0.3) is 0 Å². The summed E-state index contributed by atoms with van der Waals surface area (Å²) >= 11 is 1.49. The molecule has 10 nitrogen and oxygen atoms in total. The summed E-state index contributed by atoms with van der Waals surface area (Å²) in [7, 11) is 3.16. The monoisotopic (exact) mass is 616 g/mol. The van der Waals surface area contributed by atoms with Gasteiger partial charge in [-0.2, -0.15) is 0 Å². The van der Waals surface area contributed by atoms with Gasteiger partial charge in [0.25, 0.3) is 11.8 Å². The van der Waals surface area contributed by atoms with Crippen molar-refractivity contribution in [2.45, 2.75) is 38.6 Å². The molecule has 0 bridgehead atoms. The molecule has 0 aliphatic heterocycles. The number of thiazole rings is 1. The van der Waals surface area contributed by atoms with Crippen molar-refractivity contribution in [3.63, 3.8) is 0 Å². The summed E-state index contributed by atoms with van der Waals surface area (Å²) in [5, 5.41) is 29.4. The summed E-state index contributed by atoms with van der Waals surface area (Å²) in [6, 6.07) is 20.0. The Kier molecular flexibility index (Phi) is 11.2. The second kappa shape index (κ2) is 15.2. The number of hydrogen-bond acceptors (Lipinski definition) is 8. The van der Waals surface area contributed by atoms with Gasteiger partial charge in [0.1, 0.15) is 10.8 Å². The van der Waals surface area contributed by atoms with Crippen molar-refractivity contribution >= 4 is 29.1 Å². The number of methoxy groups -OCH3 is 1. The lowest BCUT2D eigenvalue weighted by atomic mass is 10.00. The van der Waals surface area contributed by atoms with Gasteiger partial charge in [0.05, 0.1) is 31.4 Å². The van der Waals surface area contributed by atoms with Crippen LogP contribution in [0.15, 0.2) is 78.2 Å². The maximum absolute atomic E-state index is 13.4. The molecule has 2 unspecified atom stereocenters. The van der Waals surface area contributed by atoms with Crippen molar-refractivity contribution in [1.29, 1.82) is 0 Å². The molecule has 1 heterocycles. The predicted molar refractivity (Wildman–Crippen MR) is 168 cm³/mol. The predicted octanol–water partition coefficient (Wildman–Crippen LogP) is 3.92. The lowest BCUT2D eigenvalue weighted by molar-refractivity contribution is 0.0695. The highest BCUT2D eigenvalue weighted by Gasteiger charge is 2.23. The van der Waals surface area contributed by atoms with Crippen molar-refractivity contribution in [2.24, 2.45) is 0 Å². The first-order valence-electron chi connectivity index (χ1n) is 14.0. The number of nitrogens with one attached hydrogen (secondary N) is 2. The molecule has 1 aromatic heterocycles. The van der Waals surface area contributed by atoms with Gasteiger partial charge in [0, 0.05) is 42.3 Å². The fourth-order valence-electron chi connectivity index (χ4n) is 4.68. The van der Waals surface area contributed by atoms with Crippen LogP contribution in [0.5, 0.6) is 5.75 Å². The molecule has 0 fully saturated rings. The SMILES string of the molecule is COc1cc(CNCC(O)C(Cc2ccccc2)NC(=O)c2cccc(C(=O)N(C)Cc3nc(C)cs3)c2)cc(C(=O)O)c1. The largest absolute Gasteiger partial charge is 0.497 e. The van der Waals surface area contributed by atoms with Crippen LogP contribution < -0.4 is 15.4 Å². The van der Waals surface area contributed by atoms with E-state index in [-0.39, 0.29) is 24.6 Å². The maximum atomic E-state index is 13.4. The Hall–Kier alpha value is -4.58. The van der Waals surface area contributed by atoms with Crippen LogP contribution in [0, 0.1) is 6.92 Å². The quantitative estimate of drug-likeness (QED) is 0.167. The van der Waals surface area contributed by atoms with Crippen LogP contribution in [0.2, 0.25) is 0 Å². The second-order valence-electron chi connectivity index (χ2n) is 10.5. The standard InChI is InChI=1S/C33H36N4O6S/c1-21-20-44-30(35-21)19-37(2)32(40)25-11-7-10-24(15-25)31(39)36-28(14-22-8-5-4-6-9-22)29(38)18-34-17-23-12-26(33(41)42)16-27(13-23)43-3/h4-13,15-16,20,28-29,34,38H,14,17-19H2,1-3H3,(H,36,39)(H,41,42). The Morgan fingerprint density at radius 1 is 0.977 bits per heavy atom. The van der Waals surface area contributed by atoms with E-state index in [1.807, 2.05) is 42.6 Å². The lowest BCUT2D eigenvalue weighted by Gasteiger charge is -2.25. The fraction of sp³-hybridized carbons (Fsp3) is 0.273. The molecule has 230 valence electrons. The summed E-state index contributed by atoms with van der Waals surface area (Å²) in [5.74, 6) is -1.30. The Morgan fingerprint density at radius 2 is 1.73 bits per heavy atom. The number of ether oxygens (including phenoxy) is 1. The molecule has 0 saturated carbocycles. The molecule has 44 heavy (non-hydrogen) atoms. The van der Waals surface area contributed by atoms with E-state index in [0.29, 0.717) is 35.4 Å². The average Bonchev–Trinajstić information content (AvgIpc) is 3.44. The highest BCUT2D eigenvalue weighted by atomic mass is 32.1. The van der Waals surface area contributed by atoms with E-state index in [1.165, 1.54) is 30.6 Å². The first kappa shape index (κ1) is 32.3. The molecule has 0 aliphatic rings. The van der Waals surface area contributed by atoms with Gasteiger partial charge in [-0.1, -0.05) is 36.4 Å². The zero-order chi connectivity index (χ0) is 31.6. The van der Waals surface area contributed by atoms with E-state index < -0.39 is 24.0 Å². The second-order valence-corrected chi connectivity index (χ2v) is 11.4. The number of carboxylic acid groups (broad SMARTS) is 1. The number of benzene rings is 3. The van der Waals surface area contributed by atoms with Crippen molar-refractivity contribution in [3.8, 4) is 5.75 Å². The minimum absolute atomic E-state index is 0.0982. The molecular weight excluding hydrogens is 580 g/mol. The van der Waals surface area contributed by atoms with E-state index >= 15 is 0 Å². The van der Waals surface area contributed by atoms with Gasteiger partial charge in [0.15, 0.2) is 0 Å². The number of nitrogens with zero attached hydrogens (tertiary/aromatic N) is 2. The average molecular weight is 617 g/mol. The third-order valence-corrected chi connectivity index (χ3v) is 7.92. The molecule has 4 aromatic rings. The Balaban J connectivity index is 1.44. The minimum Gasteiger partial charge on any atom is -0.497 e. The molecule has 11 heteroatoms. The summed E-state index contributed by atoms with van der Waals surface area (Å²) in [5.41, 5.74) is 3.27. The van der Waals surface area contributed by atoms with E-state index in [4.69, 9.17) is 4.74 Å². The number of rotatable bonds is 14. The molecule has 2 amide bonds. The van der Waals surface area contributed by atoms with Crippen LogP contribution >= 0.6 is 11.3 Å². The zero-order valence-electron chi connectivity index (χ0n) is 24.8. The normalized spacial score (nSPS) is 12.3. The van der Waals surface area contributed by atoms with Crippen LogP contribution in [-0.4, -0.2) is 70.7 Å². The number of amides is 2. The Labute approximate surface area is 260 Å². The highest BCUT2D eigenvalue weighted by molar-refractivity contribution is 7.09. The number of carboxylic acids is 1. The summed E-state index contributed by atoms with van der Waals surface area (Å²) in [6.07, 6.45) is -0.617. The Morgan fingerprint density at radius 3 is 2.41 bits per heavy atom. The van der Waals surface area contributed by atoms with Gasteiger partial charge in [-0.05, 0) is 60.9 Å². The lowest BCUT2D eigenvalue weighted by Crippen LogP contribution is -2.48. The van der Waals surface area contributed by atoms with Gasteiger partial charge in [-0.15, -0.1) is 11.3 Å². The van der Waals surface area contributed by atoms with E-state index in [1.54, 1.807) is 42.3 Å². The molecule has 0 aliphatic carbocycles. The molecule has 4 rings (SSSR count). The summed E-state index contributed by atoms with van der Waals surface area (Å²) in [6.45, 7) is 2.66. The van der Waals surface area contributed by atoms with E-state index in [2.05, 4.69) is 15.6 Å². The zero-order valence-corrected chi connectivity index (χ0v) is 25.6. The summed E-state index contributed by atoms with van der Waals surface area (Å²) in [4.78, 5) is 44.0. The number of carbonyl (C=O) groups is 3. The van der Waals surface area contributed by atoms with Gasteiger partial charge >= 0.3 is 5.97 Å². The number of aliphatic hydroxyl groups is 1. The molecule has 0 spiro atoms. The van der Waals surface area contributed by atoms with Crippen molar-refractivity contribution < 1.29 is 29.3 Å². The maximum Gasteiger partial charge on any atom is 0.335 e. The van der Waals surface area contributed by atoms with Crippen LogP contribution in [0.3, 0.4) is 0 Å². The first-order valence-corrected chi connectivity index (χ1v) is 14.9. The smallest absolute Gasteiger partial charge is 0.335 e. The molecular formula is C33H36N4O6S. The van der Waals surface area contributed by atoms with Gasteiger partial charge in [-0.25, -0.2) is 9.78 Å². The summed E-state index contributed by atoms with van der Waals surface area (Å²) < 4.78 is 5.21. The number of carbonyl (C=O) groups excluding carboxylic acids is 2. The molecule has 0 radical (unpaired) electrons. The fourth-order valence-corrected chi connectivity index (χ4v) is 5.50. The van der Waals surface area contributed by atoms with Crippen molar-refractivity contribution in [3.05, 3.63) is 117 Å². The van der Waals surface area contributed by atoms with Gasteiger partial charge in [-0.3, -0.25) is 9.59 Å². The number of aryl methyl sites for hydroxylation is 1. The van der Waals surface area contributed by atoms with Crippen LogP contribution in [0.4, 0.5) is 0 Å². The topological polar surface area (TPSA) is 141 Å². The highest BCUT2D eigenvalue weighted by Crippen LogP contribution is 2.18. The first-order chi connectivity index (χ1) is 21.1. The van der Waals surface area contributed by atoms with Crippen LogP contribution in [0.1, 0.15) is 52.9 Å². The molecule has 4 N–H and O–H groups in total. The third kappa shape index (κ3) is 8.96. The van der Waals surface area contributed by atoms with Crippen molar-refractivity contribution in [1.82, 2.24) is 20.5 Å². The molecule has 3 aromatic carbocycles. The van der Waals surface area contributed by atoms with E-state index in [9.17, 15) is 24.6 Å². The minimum atomic E-state index is -1.07. The number of hydrogen-bond donors (Lipinski definition) is 4. The van der Waals surface area contributed by atoms with Gasteiger partial charge in [0.2, 0.25) is 0 Å². The van der Waals surface area contributed by atoms with Crippen LogP contribution in [-0.2, 0) is 19.5 Å². The molecule has 0 saturated heterocycles. The third-order valence-electron chi connectivity index (χ3n) is 6.97. The van der Waals surface area contributed by atoms with Gasteiger partial charge < -0.3 is 30.5 Å². The van der Waals surface area contributed by atoms with Crippen molar-refractivity contribution in [2.75, 3.05) is 20.7 Å². The number of aromatic nitrogens is 1. The van der Waals surface area contributed by atoms with E-state index in [0.717, 1.165) is 16.3 Å². The molecule has 2 atom stereocenters. The Bertz CT molecular complexity index is 1590. The number of aromatic carboxylic acids is 1.